The first-order valence-electron chi connectivity index (χ1n) is 7.41. The van der Waals surface area contributed by atoms with Crippen LogP contribution in [0.15, 0.2) is 48.7 Å². The number of nitrogens with two attached hydrogens (primary N) is 2. The van der Waals surface area contributed by atoms with Gasteiger partial charge in [-0.2, -0.15) is 0 Å². The first-order valence-corrected chi connectivity index (χ1v) is 7.41. The van der Waals surface area contributed by atoms with Gasteiger partial charge >= 0.3 is 0 Å². The Hall–Kier alpha value is -1.91. The van der Waals surface area contributed by atoms with Crippen LogP contribution >= 0.6 is 0 Å². The predicted molar refractivity (Wildman–Crippen MR) is 87.4 cm³/mol. The number of aromatic nitrogens is 1. The number of hydrazine groups is 1. The van der Waals surface area contributed by atoms with Crippen molar-refractivity contribution in [2.45, 2.75) is 38.1 Å². The molecule has 21 heavy (non-hydrogen) atoms. The maximum absolute atomic E-state index is 6.07. The fourth-order valence-corrected chi connectivity index (χ4v) is 3.22. The summed E-state index contributed by atoms with van der Waals surface area (Å²) in [5.41, 5.74) is 11.2. The quantitative estimate of drug-likeness (QED) is 0.563. The molecule has 0 radical (unpaired) electrons. The van der Waals surface area contributed by atoms with Gasteiger partial charge in [0.1, 0.15) is 5.82 Å². The highest BCUT2D eigenvalue weighted by atomic mass is 15.2. The number of hydrogen-bond acceptors (Lipinski definition) is 4. The van der Waals surface area contributed by atoms with E-state index >= 15 is 0 Å². The summed E-state index contributed by atoms with van der Waals surface area (Å²) in [6.07, 6.45) is 3.61. The number of anilines is 1. The highest BCUT2D eigenvalue weighted by molar-refractivity contribution is 5.44. The molecule has 1 heterocycles. The van der Waals surface area contributed by atoms with Gasteiger partial charge in [0.05, 0.1) is 6.04 Å². The third-order valence-electron chi connectivity index (χ3n) is 4.51. The van der Waals surface area contributed by atoms with E-state index in [1.165, 1.54) is 5.56 Å². The molecule has 1 atom stereocenters. The number of nitrogens with one attached hydrogen (secondary N) is 1. The summed E-state index contributed by atoms with van der Waals surface area (Å²) >= 11 is 0. The lowest BCUT2D eigenvalue weighted by Gasteiger charge is -2.40. The first kappa shape index (κ1) is 15.5. The van der Waals surface area contributed by atoms with Crippen molar-refractivity contribution < 1.29 is 0 Å². The first-order chi connectivity index (χ1) is 10.2. The Labute approximate surface area is 126 Å². The minimum absolute atomic E-state index is 0.0800. The molecule has 0 aliphatic rings. The molecule has 0 saturated carbocycles. The molecule has 0 amide bonds. The maximum Gasteiger partial charge on any atom is 0.128 e. The fraction of sp³-hybridized carbons (Fsp3) is 0.353. The molecule has 0 bridgehead atoms. The Bertz CT molecular complexity index is 564. The molecule has 2 aromatic rings. The van der Waals surface area contributed by atoms with E-state index in [4.69, 9.17) is 11.6 Å². The van der Waals surface area contributed by atoms with Crippen LogP contribution in [-0.4, -0.2) is 4.98 Å². The molecule has 1 unspecified atom stereocenters. The highest BCUT2D eigenvalue weighted by Crippen LogP contribution is 2.43. The second kappa shape index (κ2) is 6.70. The van der Waals surface area contributed by atoms with Gasteiger partial charge in [-0.15, -0.1) is 0 Å². The Balaban J connectivity index is 2.57. The lowest BCUT2D eigenvalue weighted by Crippen LogP contribution is -2.44. The van der Waals surface area contributed by atoms with Crippen molar-refractivity contribution in [3.05, 3.63) is 59.8 Å². The summed E-state index contributed by atoms with van der Waals surface area (Å²) in [6, 6.07) is 14.3. The summed E-state index contributed by atoms with van der Waals surface area (Å²) in [6.45, 7) is 4.38. The maximum atomic E-state index is 6.07. The van der Waals surface area contributed by atoms with Crippen molar-refractivity contribution in [2.24, 2.45) is 5.84 Å². The van der Waals surface area contributed by atoms with E-state index in [0.29, 0.717) is 5.82 Å². The molecule has 4 nitrogen and oxygen atoms in total. The van der Waals surface area contributed by atoms with Crippen LogP contribution in [-0.2, 0) is 5.41 Å². The number of nitrogens with zero attached hydrogens (tertiary/aromatic N) is 1. The summed E-state index contributed by atoms with van der Waals surface area (Å²) in [5, 5.41) is 0. The van der Waals surface area contributed by atoms with E-state index in [1.807, 2.05) is 18.2 Å². The largest absolute Gasteiger partial charge is 0.383 e. The number of benzene rings is 1. The Morgan fingerprint density at radius 2 is 1.76 bits per heavy atom. The normalized spacial score (nSPS) is 13.1. The molecular formula is C17H24N4. The van der Waals surface area contributed by atoms with Crippen LogP contribution in [0.4, 0.5) is 5.82 Å². The van der Waals surface area contributed by atoms with E-state index < -0.39 is 0 Å². The molecule has 0 aliphatic heterocycles. The van der Waals surface area contributed by atoms with E-state index in [1.54, 1.807) is 6.20 Å². The van der Waals surface area contributed by atoms with Crippen molar-refractivity contribution in [2.75, 3.05) is 5.73 Å². The number of hydrogen-bond donors (Lipinski definition) is 3. The lowest BCUT2D eigenvalue weighted by atomic mass is 9.68. The van der Waals surface area contributed by atoms with Gasteiger partial charge in [-0.3, -0.25) is 11.3 Å². The Morgan fingerprint density at radius 1 is 1.10 bits per heavy atom. The smallest absolute Gasteiger partial charge is 0.128 e. The zero-order valence-electron chi connectivity index (χ0n) is 12.7. The minimum Gasteiger partial charge on any atom is -0.383 e. The van der Waals surface area contributed by atoms with Crippen LogP contribution in [0.25, 0.3) is 0 Å². The third-order valence-corrected chi connectivity index (χ3v) is 4.51. The van der Waals surface area contributed by atoms with Crippen LogP contribution in [0, 0.1) is 0 Å². The van der Waals surface area contributed by atoms with Crippen molar-refractivity contribution in [3.63, 3.8) is 0 Å². The van der Waals surface area contributed by atoms with Crippen molar-refractivity contribution in [1.82, 2.24) is 10.4 Å². The van der Waals surface area contributed by atoms with Crippen molar-refractivity contribution in [1.29, 1.82) is 0 Å². The Kier molecular flexibility index (Phi) is 4.94. The fourth-order valence-electron chi connectivity index (χ4n) is 3.22. The van der Waals surface area contributed by atoms with Crippen LogP contribution in [0.3, 0.4) is 0 Å². The molecule has 2 rings (SSSR count). The van der Waals surface area contributed by atoms with Crippen LogP contribution in [0.1, 0.15) is 43.9 Å². The molecule has 0 spiro atoms. The predicted octanol–water partition coefficient (Wildman–Crippen LogP) is 2.93. The number of pyridine rings is 1. The molecular weight excluding hydrogens is 260 g/mol. The molecule has 0 aliphatic carbocycles. The number of nitrogen functional groups attached to an aromatic ring is 1. The van der Waals surface area contributed by atoms with Crippen LogP contribution < -0.4 is 17.0 Å². The molecule has 4 heteroatoms. The summed E-state index contributed by atoms with van der Waals surface area (Å²) < 4.78 is 0. The van der Waals surface area contributed by atoms with Crippen LogP contribution in [0.2, 0.25) is 0 Å². The highest BCUT2D eigenvalue weighted by Gasteiger charge is 2.38. The monoisotopic (exact) mass is 284 g/mol. The summed E-state index contributed by atoms with van der Waals surface area (Å²) in [7, 11) is 0. The van der Waals surface area contributed by atoms with Gasteiger partial charge in [-0.25, -0.2) is 4.98 Å². The number of rotatable bonds is 6. The zero-order chi connectivity index (χ0) is 15.3. The van der Waals surface area contributed by atoms with Gasteiger partial charge in [0.2, 0.25) is 0 Å². The SMILES string of the molecule is CCC(CC)(c1ccccc1)C(NN)c1cccnc1N. The summed E-state index contributed by atoms with van der Waals surface area (Å²) in [5.74, 6) is 6.45. The van der Waals surface area contributed by atoms with Crippen LogP contribution in [0.5, 0.6) is 0 Å². The molecule has 1 aromatic heterocycles. The molecule has 0 saturated heterocycles. The molecule has 5 N–H and O–H groups in total. The van der Waals surface area contributed by atoms with E-state index in [9.17, 15) is 0 Å². The molecule has 112 valence electrons. The minimum atomic E-state index is -0.118. The van der Waals surface area contributed by atoms with Gasteiger partial charge in [0.15, 0.2) is 0 Å². The molecule has 0 fully saturated rings. The van der Waals surface area contributed by atoms with Gasteiger partial charge in [0, 0.05) is 17.2 Å². The average molecular weight is 284 g/mol. The Morgan fingerprint density at radius 3 is 2.29 bits per heavy atom. The van der Waals surface area contributed by atoms with Crippen molar-refractivity contribution in [3.8, 4) is 0 Å². The van der Waals surface area contributed by atoms with E-state index in [0.717, 1.165) is 18.4 Å². The second-order valence-electron chi connectivity index (χ2n) is 5.31. The summed E-state index contributed by atoms with van der Waals surface area (Å²) in [4.78, 5) is 4.21. The lowest BCUT2D eigenvalue weighted by molar-refractivity contribution is 0.277. The van der Waals surface area contributed by atoms with E-state index in [-0.39, 0.29) is 11.5 Å². The van der Waals surface area contributed by atoms with Gasteiger partial charge in [0.25, 0.3) is 0 Å². The van der Waals surface area contributed by atoms with Gasteiger partial charge < -0.3 is 5.73 Å². The van der Waals surface area contributed by atoms with Gasteiger partial charge in [-0.05, 0) is 24.5 Å². The van der Waals surface area contributed by atoms with Gasteiger partial charge in [-0.1, -0.05) is 50.2 Å². The standard InChI is InChI=1S/C17H24N4/c1-3-17(4-2,13-9-6-5-7-10-13)15(21-19)14-11-8-12-20-16(14)18/h5-12,15,21H,3-4,19H2,1-2H3,(H2,18,20). The van der Waals surface area contributed by atoms with E-state index in [2.05, 4.69) is 48.5 Å². The average Bonchev–Trinajstić information content (AvgIpc) is 2.55. The second-order valence-corrected chi connectivity index (χ2v) is 5.31. The van der Waals surface area contributed by atoms with Crippen molar-refractivity contribution >= 4 is 5.82 Å². The zero-order valence-corrected chi connectivity index (χ0v) is 12.7. The molecule has 1 aromatic carbocycles. The topological polar surface area (TPSA) is 77.0 Å². The third kappa shape index (κ3) is 2.77.